The molecule has 0 aliphatic rings. The van der Waals surface area contributed by atoms with Gasteiger partial charge in [-0.25, -0.2) is 9.97 Å². The van der Waals surface area contributed by atoms with Crippen molar-refractivity contribution in [3.05, 3.63) is 17.7 Å². The fourth-order valence-corrected chi connectivity index (χ4v) is 1.18. The lowest BCUT2D eigenvalue weighted by Gasteiger charge is -2.01. The maximum Gasteiger partial charge on any atom is 0.226 e. The summed E-state index contributed by atoms with van der Waals surface area (Å²) in [6.45, 7) is 0. The van der Waals surface area contributed by atoms with Gasteiger partial charge in [-0.1, -0.05) is 0 Å². The number of hydrogen-bond donors (Lipinski definition) is 1. The van der Waals surface area contributed by atoms with Crippen molar-refractivity contribution in [2.75, 3.05) is 12.4 Å². The normalized spacial score (nSPS) is 10.3. The SMILES string of the molecule is CNc1nc(Cl)nc2nccnc12. The van der Waals surface area contributed by atoms with E-state index in [2.05, 4.69) is 25.3 Å². The number of nitrogens with zero attached hydrogens (tertiary/aromatic N) is 4. The van der Waals surface area contributed by atoms with Gasteiger partial charge in [0.2, 0.25) is 5.28 Å². The molecule has 0 fully saturated rings. The van der Waals surface area contributed by atoms with Gasteiger partial charge in [0, 0.05) is 19.4 Å². The van der Waals surface area contributed by atoms with Crippen LogP contribution in [0.15, 0.2) is 12.4 Å². The van der Waals surface area contributed by atoms with E-state index in [9.17, 15) is 0 Å². The quantitative estimate of drug-likeness (QED) is 0.691. The van der Waals surface area contributed by atoms with Gasteiger partial charge in [-0.05, 0) is 11.6 Å². The summed E-state index contributed by atoms with van der Waals surface area (Å²) in [6, 6.07) is 0. The minimum absolute atomic E-state index is 0.164. The molecule has 0 saturated heterocycles. The van der Waals surface area contributed by atoms with E-state index in [1.807, 2.05) is 0 Å². The van der Waals surface area contributed by atoms with Crippen LogP contribution in [0.1, 0.15) is 0 Å². The van der Waals surface area contributed by atoms with Crippen LogP contribution in [-0.4, -0.2) is 27.0 Å². The summed E-state index contributed by atoms with van der Waals surface area (Å²) in [7, 11) is 1.74. The average Bonchev–Trinajstić information content (AvgIpc) is 2.16. The van der Waals surface area contributed by atoms with Crippen LogP contribution >= 0.6 is 11.6 Å². The Morgan fingerprint density at radius 1 is 1.23 bits per heavy atom. The topological polar surface area (TPSA) is 63.6 Å². The maximum absolute atomic E-state index is 5.67. The number of nitrogens with one attached hydrogen (secondary N) is 1. The van der Waals surface area contributed by atoms with E-state index in [0.717, 1.165) is 0 Å². The van der Waals surface area contributed by atoms with Gasteiger partial charge in [-0.3, -0.25) is 0 Å². The zero-order chi connectivity index (χ0) is 9.26. The van der Waals surface area contributed by atoms with Crippen molar-refractivity contribution in [3.8, 4) is 0 Å². The molecule has 0 unspecified atom stereocenters. The van der Waals surface area contributed by atoms with Gasteiger partial charge in [0.25, 0.3) is 0 Å². The third-order valence-electron chi connectivity index (χ3n) is 1.54. The van der Waals surface area contributed by atoms with E-state index in [0.29, 0.717) is 17.0 Å². The molecule has 5 nitrogen and oxygen atoms in total. The highest BCUT2D eigenvalue weighted by atomic mass is 35.5. The lowest BCUT2D eigenvalue weighted by molar-refractivity contribution is 1.14. The van der Waals surface area contributed by atoms with Crippen LogP contribution in [0.25, 0.3) is 11.2 Å². The van der Waals surface area contributed by atoms with Gasteiger partial charge in [-0.15, -0.1) is 0 Å². The molecule has 13 heavy (non-hydrogen) atoms. The molecule has 0 aliphatic heterocycles. The molecule has 0 radical (unpaired) electrons. The Bertz CT molecular complexity index is 444. The van der Waals surface area contributed by atoms with Crippen LogP contribution < -0.4 is 5.32 Å². The lowest BCUT2D eigenvalue weighted by Crippen LogP contribution is -1.98. The summed E-state index contributed by atoms with van der Waals surface area (Å²) >= 11 is 5.67. The van der Waals surface area contributed by atoms with Gasteiger partial charge >= 0.3 is 0 Å². The van der Waals surface area contributed by atoms with E-state index >= 15 is 0 Å². The van der Waals surface area contributed by atoms with Crippen molar-refractivity contribution < 1.29 is 0 Å². The van der Waals surface area contributed by atoms with E-state index in [1.165, 1.54) is 0 Å². The van der Waals surface area contributed by atoms with Crippen molar-refractivity contribution >= 4 is 28.6 Å². The van der Waals surface area contributed by atoms with Crippen LogP contribution in [0.2, 0.25) is 5.28 Å². The average molecular weight is 196 g/mol. The first-order chi connectivity index (χ1) is 6.31. The zero-order valence-electron chi connectivity index (χ0n) is 6.82. The number of hydrogen-bond acceptors (Lipinski definition) is 5. The third kappa shape index (κ3) is 1.38. The van der Waals surface area contributed by atoms with E-state index in [4.69, 9.17) is 11.6 Å². The molecule has 2 aromatic heterocycles. The van der Waals surface area contributed by atoms with Gasteiger partial charge < -0.3 is 5.32 Å². The largest absolute Gasteiger partial charge is 0.371 e. The zero-order valence-corrected chi connectivity index (χ0v) is 7.58. The Labute approximate surface area is 79.2 Å². The minimum Gasteiger partial charge on any atom is -0.371 e. The molecule has 2 rings (SSSR count). The van der Waals surface area contributed by atoms with Crippen LogP contribution in [0, 0.1) is 0 Å². The Morgan fingerprint density at radius 3 is 2.77 bits per heavy atom. The number of fused-ring (bicyclic) bond motifs is 1. The molecule has 0 amide bonds. The Kier molecular flexibility index (Phi) is 1.94. The number of rotatable bonds is 1. The molecule has 0 atom stereocenters. The fourth-order valence-electron chi connectivity index (χ4n) is 1.01. The molecule has 0 aromatic carbocycles. The second-order valence-electron chi connectivity index (χ2n) is 2.32. The third-order valence-corrected chi connectivity index (χ3v) is 1.71. The van der Waals surface area contributed by atoms with Crippen molar-refractivity contribution in [3.63, 3.8) is 0 Å². The standard InChI is InChI=1S/C7H6ClN5/c1-9-5-4-6(11-3-2-10-4)13-7(8)12-5/h2-3H,1H3,(H,9,11,12,13). The second-order valence-corrected chi connectivity index (χ2v) is 2.66. The lowest BCUT2D eigenvalue weighted by atomic mass is 10.4. The predicted octanol–water partition coefficient (Wildman–Crippen LogP) is 1.11. The Balaban J connectivity index is 2.81. The monoisotopic (exact) mass is 195 g/mol. The molecule has 0 aliphatic carbocycles. The van der Waals surface area contributed by atoms with Crippen LogP contribution in [0.3, 0.4) is 0 Å². The summed E-state index contributed by atoms with van der Waals surface area (Å²) < 4.78 is 0. The highest BCUT2D eigenvalue weighted by Gasteiger charge is 2.05. The Hall–Kier alpha value is -1.49. The van der Waals surface area contributed by atoms with Crippen LogP contribution in [-0.2, 0) is 0 Å². The number of anilines is 1. The van der Waals surface area contributed by atoms with Crippen molar-refractivity contribution in [2.45, 2.75) is 0 Å². The van der Waals surface area contributed by atoms with Gasteiger partial charge in [0.1, 0.15) is 0 Å². The first kappa shape index (κ1) is 8.12. The van der Waals surface area contributed by atoms with Crippen molar-refractivity contribution in [2.24, 2.45) is 0 Å². The van der Waals surface area contributed by atoms with Crippen molar-refractivity contribution in [1.82, 2.24) is 19.9 Å². The minimum atomic E-state index is 0.164. The summed E-state index contributed by atoms with van der Waals surface area (Å²) in [5, 5.41) is 3.04. The molecule has 0 saturated carbocycles. The van der Waals surface area contributed by atoms with E-state index in [-0.39, 0.29) is 5.28 Å². The first-order valence-corrected chi connectivity index (χ1v) is 4.01. The fraction of sp³-hybridized carbons (Fsp3) is 0.143. The first-order valence-electron chi connectivity index (χ1n) is 3.63. The summed E-state index contributed by atoms with van der Waals surface area (Å²) in [5.41, 5.74) is 1.11. The molecule has 0 spiro atoms. The molecule has 66 valence electrons. The Morgan fingerprint density at radius 2 is 2.00 bits per heavy atom. The van der Waals surface area contributed by atoms with Gasteiger partial charge in [0.15, 0.2) is 17.0 Å². The second kappa shape index (κ2) is 3.10. The number of aromatic nitrogens is 4. The number of halogens is 1. The summed E-state index contributed by atoms with van der Waals surface area (Å²) in [6.07, 6.45) is 3.14. The highest BCUT2D eigenvalue weighted by molar-refractivity contribution is 6.28. The molecular formula is C7H6ClN5. The molecule has 0 bridgehead atoms. The van der Waals surface area contributed by atoms with Gasteiger partial charge in [-0.2, -0.15) is 9.97 Å². The predicted molar refractivity (Wildman–Crippen MR) is 49.7 cm³/mol. The van der Waals surface area contributed by atoms with E-state index < -0.39 is 0 Å². The van der Waals surface area contributed by atoms with Crippen LogP contribution in [0.5, 0.6) is 0 Å². The maximum atomic E-state index is 5.67. The van der Waals surface area contributed by atoms with E-state index in [1.54, 1.807) is 19.4 Å². The molecule has 6 heteroatoms. The van der Waals surface area contributed by atoms with Crippen LogP contribution in [0.4, 0.5) is 5.82 Å². The van der Waals surface area contributed by atoms with Gasteiger partial charge in [0.05, 0.1) is 0 Å². The smallest absolute Gasteiger partial charge is 0.226 e. The summed E-state index contributed by atoms with van der Waals surface area (Å²) in [5.74, 6) is 0.586. The molecule has 2 aromatic rings. The summed E-state index contributed by atoms with van der Waals surface area (Å²) in [4.78, 5) is 16.0. The van der Waals surface area contributed by atoms with Crippen molar-refractivity contribution in [1.29, 1.82) is 0 Å². The molecule has 2 heterocycles. The highest BCUT2D eigenvalue weighted by Crippen LogP contribution is 2.16. The molecule has 1 N–H and O–H groups in total. The molecular weight excluding hydrogens is 190 g/mol.